The topological polar surface area (TPSA) is 78.9 Å². The van der Waals surface area contributed by atoms with E-state index in [1.54, 1.807) is 0 Å². The second-order valence-electron chi connectivity index (χ2n) is 6.91. The van der Waals surface area contributed by atoms with Crippen molar-refractivity contribution in [1.29, 1.82) is 0 Å². The summed E-state index contributed by atoms with van der Waals surface area (Å²) in [4.78, 5) is 25.7. The standard InChI is InChI=1S/C19H26N2O4/c22-16-6-3-4-10-21(19(16)24)12-18(23)20-11-15-5-1-2-7-17(15)25-13-14-8-9-14/h1-2,5,7,14,16,22H,3-4,6,8-13H2,(H,20,23). The minimum Gasteiger partial charge on any atom is -0.493 e. The second kappa shape index (κ2) is 8.34. The number of amides is 2. The molecular weight excluding hydrogens is 320 g/mol. The van der Waals surface area contributed by atoms with Crippen molar-refractivity contribution in [2.45, 2.75) is 44.8 Å². The van der Waals surface area contributed by atoms with E-state index in [-0.39, 0.29) is 18.4 Å². The van der Waals surface area contributed by atoms with Crippen LogP contribution in [0.1, 0.15) is 37.7 Å². The van der Waals surface area contributed by atoms with Crippen LogP contribution in [0.3, 0.4) is 0 Å². The van der Waals surface area contributed by atoms with Crippen LogP contribution in [0.4, 0.5) is 0 Å². The molecule has 1 unspecified atom stereocenters. The number of ether oxygens (including phenoxy) is 1. The van der Waals surface area contributed by atoms with Crippen LogP contribution in [0.25, 0.3) is 0 Å². The smallest absolute Gasteiger partial charge is 0.251 e. The minimum absolute atomic E-state index is 0.0129. The predicted octanol–water partition coefficient (Wildman–Crippen LogP) is 1.47. The summed E-state index contributed by atoms with van der Waals surface area (Å²) in [5, 5.41) is 12.6. The van der Waals surface area contributed by atoms with Crippen molar-refractivity contribution in [3.63, 3.8) is 0 Å². The van der Waals surface area contributed by atoms with Gasteiger partial charge in [0.05, 0.1) is 13.2 Å². The van der Waals surface area contributed by atoms with Gasteiger partial charge in [-0.25, -0.2) is 0 Å². The summed E-state index contributed by atoms with van der Waals surface area (Å²) in [6.07, 6.45) is 3.57. The number of rotatable bonds is 7. The molecule has 1 atom stereocenters. The maximum absolute atomic E-state index is 12.2. The molecule has 1 aromatic rings. The quantitative estimate of drug-likeness (QED) is 0.784. The first kappa shape index (κ1) is 17.7. The number of aliphatic hydroxyl groups is 1. The molecule has 2 fully saturated rings. The van der Waals surface area contributed by atoms with Gasteiger partial charge in [0.15, 0.2) is 0 Å². The average molecular weight is 346 g/mol. The third kappa shape index (κ3) is 5.19. The summed E-state index contributed by atoms with van der Waals surface area (Å²) < 4.78 is 5.84. The lowest BCUT2D eigenvalue weighted by Crippen LogP contribution is -2.44. The SMILES string of the molecule is O=C(CN1CCCCC(O)C1=O)NCc1ccccc1OCC1CC1. The monoisotopic (exact) mass is 346 g/mol. The Morgan fingerprint density at radius 1 is 1.24 bits per heavy atom. The molecule has 3 rings (SSSR count). The van der Waals surface area contributed by atoms with Gasteiger partial charge >= 0.3 is 0 Å². The Labute approximate surface area is 148 Å². The minimum atomic E-state index is -0.980. The zero-order valence-electron chi connectivity index (χ0n) is 14.4. The fourth-order valence-corrected chi connectivity index (χ4v) is 2.95. The van der Waals surface area contributed by atoms with E-state index >= 15 is 0 Å². The van der Waals surface area contributed by atoms with Gasteiger partial charge in [-0.15, -0.1) is 0 Å². The lowest BCUT2D eigenvalue weighted by Gasteiger charge is -2.21. The van der Waals surface area contributed by atoms with Crippen LogP contribution in [0, 0.1) is 5.92 Å². The Balaban J connectivity index is 1.50. The highest BCUT2D eigenvalue weighted by Crippen LogP contribution is 2.30. The van der Waals surface area contributed by atoms with Gasteiger partial charge in [-0.3, -0.25) is 9.59 Å². The first-order chi connectivity index (χ1) is 12.1. The van der Waals surface area contributed by atoms with Crippen molar-refractivity contribution < 1.29 is 19.4 Å². The Hall–Kier alpha value is -2.08. The molecule has 1 heterocycles. The molecule has 6 heteroatoms. The van der Waals surface area contributed by atoms with Crippen molar-refractivity contribution in [3.05, 3.63) is 29.8 Å². The number of nitrogens with one attached hydrogen (secondary N) is 1. The number of para-hydroxylation sites is 1. The van der Waals surface area contributed by atoms with Crippen molar-refractivity contribution in [3.8, 4) is 5.75 Å². The molecule has 0 aromatic heterocycles. The van der Waals surface area contributed by atoms with Crippen molar-refractivity contribution >= 4 is 11.8 Å². The summed E-state index contributed by atoms with van der Waals surface area (Å²) in [6, 6.07) is 7.69. The molecule has 1 saturated heterocycles. The van der Waals surface area contributed by atoms with Crippen LogP contribution in [-0.2, 0) is 16.1 Å². The number of benzene rings is 1. The molecule has 0 bridgehead atoms. The number of carbonyl (C=O) groups is 2. The molecule has 2 aliphatic rings. The number of carbonyl (C=O) groups excluding carboxylic acids is 2. The van der Waals surface area contributed by atoms with Gasteiger partial charge in [0, 0.05) is 18.7 Å². The van der Waals surface area contributed by atoms with Crippen molar-refractivity contribution in [2.75, 3.05) is 19.7 Å². The Morgan fingerprint density at radius 2 is 2.04 bits per heavy atom. The zero-order valence-corrected chi connectivity index (χ0v) is 14.4. The summed E-state index contributed by atoms with van der Waals surface area (Å²) in [5.74, 6) is 0.902. The van der Waals surface area contributed by atoms with E-state index in [0.717, 1.165) is 30.8 Å². The number of likely N-dealkylation sites (tertiary alicyclic amines) is 1. The zero-order chi connectivity index (χ0) is 17.6. The predicted molar refractivity (Wildman–Crippen MR) is 92.9 cm³/mol. The third-order valence-corrected chi connectivity index (χ3v) is 4.71. The lowest BCUT2D eigenvalue weighted by molar-refractivity contribution is -0.142. The molecular formula is C19H26N2O4. The van der Waals surface area contributed by atoms with Crippen LogP contribution in [0.5, 0.6) is 5.75 Å². The average Bonchev–Trinajstić information content (AvgIpc) is 3.45. The Morgan fingerprint density at radius 3 is 2.84 bits per heavy atom. The number of nitrogens with zero attached hydrogens (tertiary/aromatic N) is 1. The molecule has 2 N–H and O–H groups in total. The Bertz CT molecular complexity index is 615. The molecule has 25 heavy (non-hydrogen) atoms. The van der Waals surface area contributed by atoms with Gasteiger partial charge < -0.3 is 20.1 Å². The highest BCUT2D eigenvalue weighted by atomic mass is 16.5. The van der Waals surface area contributed by atoms with Gasteiger partial charge in [0.25, 0.3) is 5.91 Å². The van der Waals surface area contributed by atoms with Crippen molar-refractivity contribution in [1.82, 2.24) is 10.2 Å². The fraction of sp³-hybridized carbons (Fsp3) is 0.579. The maximum atomic E-state index is 12.2. The third-order valence-electron chi connectivity index (χ3n) is 4.71. The molecule has 1 aliphatic carbocycles. The van der Waals surface area contributed by atoms with E-state index in [0.29, 0.717) is 25.4 Å². The van der Waals surface area contributed by atoms with E-state index in [9.17, 15) is 14.7 Å². The molecule has 1 aromatic carbocycles. The number of hydrogen-bond donors (Lipinski definition) is 2. The van der Waals surface area contributed by atoms with Crippen LogP contribution >= 0.6 is 0 Å². The van der Waals surface area contributed by atoms with E-state index in [2.05, 4.69) is 5.32 Å². The van der Waals surface area contributed by atoms with Gasteiger partial charge in [0.2, 0.25) is 5.91 Å². The van der Waals surface area contributed by atoms with Crippen molar-refractivity contribution in [2.24, 2.45) is 5.92 Å². The molecule has 0 radical (unpaired) electrons. The largest absolute Gasteiger partial charge is 0.493 e. The van der Waals surface area contributed by atoms with Crippen LogP contribution in [0.2, 0.25) is 0 Å². The van der Waals surface area contributed by atoms with E-state index in [1.165, 1.54) is 17.7 Å². The highest BCUT2D eigenvalue weighted by Gasteiger charge is 2.26. The summed E-state index contributed by atoms with van der Waals surface area (Å²) in [6.45, 7) is 1.60. The van der Waals surface area contributed by atoms with Gasteiger partial charge in [0.1, 0.15) is 11.9 Å². The lowest BCUT2D eigenvalue weighted by atomic mass is 10.2. The summed E-state index contributed by atoms with van der Waals surface area (Å²) in [5.41, 5.74) is 0.929. The Kier molecular flexibility index (Phi) is 5.91. The van der Waals surface area contributed by atoms with Crippen LogP contribution in [0.15, 0.2) is 24.3 Å². The van der Waals surface area contributed by atoms with E-state index in [1.807, 2.05) is 24.3 Å². The van der Waals surface area contributed by atoms with Gasteiger partial charge in [-0.2, -0.15) is 0 Å². The molecule has 2 amide bonds. The molecule has 0 spiro atoms. The van der Waals surface area contributed by atoms with Gasteiger partial charge in [-0.1, -0.05) is 18.2 Å². The highest BCUT2D eigenvalue weighted by molar-refractivity contribution is 5.87. The maximum Gasteiger partial charge on any atom is 0.251 e. The second-order valence-corrected chi connectivity index (χ2v) is 6.91. The number of hydrogen-bond acceptors (Lipinski definition) is 4. The molecule has 1 aliphatic heterocycles. The molecule has 1 saturated carbocycles. The fourth-order valence-electron chi connectivity index (χ4n) is 2.95. The van der Waals surface area contributed by atoms with Crippen LogP contribution < -0.4 is 10.1 Å². The van der Waals surface area contributed by atoms with E-state index in [4.69, 9.17) is 4.74 Å². The first-order valence-corrected chi connectivity index (χ1v) is 9.07. The normalized spacial score (nSPS) is 20.9. The number of aliphatic hydroxyl groups excluding tert-OH is 1. The van der Waals surface area contributed by atoms with Crippen LogP contribution in [-0.4, -0.2) is 47.6 Å². The summed E-state index contributed by atoms with van der Waals surface area (Å²) in [7, 11) is 0. The molecule has 6 nitrogen and oxygen atoms in total. The van der Waals surface area contributed by atoms with E-state index < -0.39 is 6.10 Å². The van der Waals surface area contributed by atoms with Gasteiger partial charge in [-0.05, 0) is 44.1 Å². The first-order valence-electron chi connectivity index (χ1n) is 9.07. The summed E-state index contributed by atoms with van der Waals surface area (Å²) >= 11 is 0. The molecule has 136 valence electrons.